The third-order valence-corrected chi connectivity index (χ3v) is 5.31. The molecular weight excluding hydrogens is 410 g/mol. The van der Waals surface area contributed by atoms with E-state index in [0.29, 0.717) is 5.82 Å². The topological polar surface area (TPSA) is 128 Å². The molecule has 3 heterocycles. The first-order valence-electron chi connectivity index (χ1n) is 10.2. The number of H-pyrrole nitrogens is 1. The van der Waals surface area contributed by atoms with Gasteiger partial charge < -0.3 is 30.2 Å². The van der Waals surface area contributed by atoms with Crippen molar-refractivity contribution in [1.82, 2.24) is 29.7 Å². The second kappa shape index (κ2) is 8.58. The van der Waals surface area contributed by atoms with Gasteiger partial charge in [-0.25, -0.2) is 14.8 Å². The fourth-order valence-electron chi connectivity index (χ4n) is 3.79. The number of carbonyl (C=O) groups excluding carboxylic acids is 1. The molecule has 166 valence electrons. The molecule has 0 radical (unpaired) electrons. The molecule has 3 aromatic heterocycles. The predicted molar refractivity (Wildman–Crippen MR) is 122 cm³/mol. The Bertz CT molecular complexity index is 1310. The average molecular weight is 435 g/mol. The zero-order valence-electron chi connectivity index (χ0n) is 18.1. The van der Waals surface area contributed by atoms with Gasteiger partial charge in [0.15, 0.2) is 5.82 Å². The molecule has 0 fully saturated rings. The summed E-state index contributed by atoms with van der Waals surface area (Å²) < 4.78 is 1.97. The Morgan fingerprint density at radius 2 is 2.09 bits per heavy atom. The van der Waals surface area contributed by atoms with Crippen LogP contribution < -0.4 is 10.6 Å². The van der Waals surface area contributed by atoms with E-state index in [0.717, 1.165) is 38.9 Å². The van der Waals surface area contributed by atoms with E-state index in [9.17, 15) is 14.7 Å². The number of aromatic amines is 1. The van der Waals surface area contributed by atoms with Crippen molar-refractivity contribution >= 4 is 39.9 Å². The van der Waals surface area contributed by atoms with Crippen molar-refractivity contribution < 1.29 is 14.7 Å². The van der Waals surface area contributed by atoms with Gasteiger partial charge in [0.2, 0.25) is 5.91 Å². The maximum atomic E-state index is 11.6. The lowest BCUT2D eigenvalue weighted by Crippen LogP contribution is -2.36. The second-order valence-electron chi connectivity index (χ2n) is 7.60. The van der Waals surface area contributed by atoms with Crippen LogP contribution in [-0.4, -0.2) is 61.7 Å². The number of fused-ring (bicyclic) bond motifs is 3. The molecule has 4 N–H and O–H groups in total. The van der Waals surface area contributed by atoms with Gasteiger partial charge in [-0.1, -0.05) is 18.2 Å². The number of imidazole rings is 1. The van der Waals surface area contributed by atoms with Gasteiger partial charge in [0.1, 0.15) is 11.2 Å². The van der Waals surface area contributed by atoms with Crippen molar-refractivity contribution in [2.45, 2.75) is 13.5 Å². The van der Waals surface area contributed by atoms with E-state index < -0.39 is 6.09 Å². The smallest absolute Gasteiger partial charge is 0.407 e. The van der Waals surface area contributed by atoms with Gasteiger partial charge in [-0.2, -0.15) is 0 Å². The highest BCUT2D eigenvalue weighted by Gasteiger charge is 2.16. The van der Waals surface area contributed by atoms with Crippen LogP contribution in [0.4, 0.5) is 10.6 Å². The van der Waals surface area contributed by atoms with E-state index >= 15 is 0 Å². The van der Waals surface area contributed by atoms with Crippen molar-refractivity contribution in [1.29, 1.82) is 0 Å². The number of hydrogen-bond donors (Lipinski definition) is 4. The van der Waals surface area contributed by atoms with Crippen LogP contribution in [0.2, 0.25) is 0 Å². The molecule has 0 aliphatic heterocycles. The minimum atomic E-state index is -1.03. The number of carbonyl (C=O) groups is 2. The minimum absolute atomic E-state index is 0.186. The molecule has 0 aliphatic rings. The highest BCUT2D eigenvalue weighted by Crippen LogP contribution is 2.31. The van der Waals surface area contributed by atoms with Crippen LogP contribution in [0.15, 0.2) is 36.7 Å². The molecule has 0 aliphatic carbocycles. The molecule has 4 aromatic rings. The normalized spacial score (nSPS) is 11.1. The summed E-state index contributed by atoms with van der Waals surface area (Å²) in [6.45, 7) is 2.10. The van der Waals surface area contributed by atoms with E-state index in [1.54, 1.807) is 6.33 Å². The molecule has 32 heavy (non-hydrogen) atoms. The van der Waals surface area contributed by atoms with E-state index in [1.165, 1.54) is 11.8 Å². The van der Waals surface area contributed by atoms with Crippen LogP contribution in [-0.2, 0) is 18.4 Å². The number of aromatic nitrogens is 4. The van der Waals surface area contributed by atoms with Gasteiger partial charge in [0.05, 0.1) is 11.8 Å². The zero-order valence-corrected chi connectivity index (χ0v) is 18.1. The van der Waals surface area contributed by atoms with Gasteiger partial charge >= 0.3 is 6.09 Å². The predicted octanol–water partition coefficient (Wildman–Crippen LogP) is 2.77. The number of hydrogen-bond acceptors (Lipinski definition) is 5. The van der Waals surface area contributed by atoms with Crippen molar-refractivity contribution in [3.05, 3.63) is 42.2 Å². The second-order valence-corrected chi connectivity index (χ2v) is 7.60. The Morgan fingerprint density at radius 1 is 1.28 bits per heavy atom. The fraction of sp³-hybridized carbons (Fsp3) is 0.273. The number of anilines is 1. The SMILES string of the molecule is CNc1nc2[nH]c(-c3cccc(CN(CCNC(C)=O)C(=O)O)c3)cc2c2c1ncn2C. The molecule has 4 rings (SSSR count). The monoisotopic (exact) mass is 435 g/mol. The van der Waals surface area contributed by atoms with Crippen molar-refractivity contribution in [3.63, 3.8) is 0 Å². The Morgan fingerprint density at radius 3 is 2.81 bits per heavy atom. The number of carboxylic acid groups (broad SMARTS) is 1. The molecule has 0 unspecified atom stereocenters. The van der Waals surface area contributed by atoms with Crippen LogP contribution >= 0.6 is 0 Å². The average Bonchev–Trinajstić information content (AvgIpc) is 3.36. The third-order valence-electron chi connectivity index (χ3n) is 5.31. The number of benzene rings is 1. The number of nitrogens with one attached hydrogen (secondary N) is 3. The lowest BCUT2D eigenvalue weighted by atomic mass is 10.1. The summed E-state index contributed by atoms with van der Waals surface area (Å²) in [4.78, 5) is 36.5. The molecule has 2 amide bonds. The quantitative estimate of drug-likeness (QED) is 0.353. The summed E-state index contributed by atoms with van der Waals surface area (Å²) in [7, 11) is 3.76. The molecule has 0 saturated carbocycles. The summed E-state index contributed by atoms with van der Waals surface area (Å²) >= 11 is 0. The lowest BCUT2D eigenvalue weighted by molar-refractivity contribution is -0.119. The number of nitrogens with zero attached hydrogens (tertiary/aromatic N) is 4. The maximum absolute atomic E-state index is 11.6. The molecule has 10 heteroatoms. The standard InChI is InChI=1S/C22H25N7O3/c1-13(30)24-7-8-29(22(31)32)11-14-5-4-6-15(9-14)17-10-16-19-18(25-12-28(19)3)21(23-2)27-20(16)26-17/h4-6,9-10,12H,7-8,11H2,1-3H3,(H,24,30)(H,31,32)(H2,23,26,27). The summed E-state index contributed by atoms with van der Waals surface area (Å²) in [5.41, 5.74) is 5.18. The molecule has 10 nitrogen and oxygen atoms in total. The number of aryl methyl sites for hydroxylation is 1. The molecule has 0 bridgehead atoms. The van der Waals surface area contributed by atoms with Crippen molar-refractivity contribution in [3.8, 4) is 11.3 Å². The van der Waals surface area contributed by atoms with Crippen molar-refractivity contribution in [2.75, 3.05) is 25.5 Å². The highest BCUT2D eigenvalue weighted by molar-refractivity contribution is 6.07. The number of rotatable bonds is 7. The number of pyridine rings is 1. The number of amides is 2. The van der Waals surface area contributed by atoms with Gasteiger partial charge in [-0.3, -0.25) is 4.79 Å². The largest absolute Gasteiger partial charge is 0.465 e. The zero-order chi connectivity index (χ0) is 22.8. The van der Waals surface area contributed by atoms with E-state index in [-0.39, 0.29) is 25.5 Å². The molecule has 0 saturated heterocycles. The van der Waals surface area contributed by atoms with E-state index in [2.05, 4.69) is 25.6 Å². The van der Waals surface area contributed by atoms with E-state index in [1.807, 2.05) is 49.0 Å². The lowest BCUT2D eigenvalue weighted by Gasteiger charge is -2.19. The summed E-state index contributed by atoms with van der Waals surface area (Å²) in [5.74, 6) is 0.514. The molecule has 1 aromatic carbocycles. The van der Waals surface area contributed by atoms with E-state index in [4.69, 9.17) is 0 Å². The molecule has 0 spiro atoms. The van der Waals surface area contributed by atoms with Gasteiger partial charge in [0.25, 0.3) is 0 Å². The first-order chi connectivity index (χ1) is 15.4. The summed E-state index contributed by atoms with van der Waals surface area (Å²) in [6.07, 6.45) is 0.732. The van der Waals surface area contributed by atoms with Crippen LogP contribution in [0, 0.1) is 0 Å². The fourth-order valence-corrected chi connectivity index (χ4v) is 3.79. The minimum Gasteiger partial charge on any atom is -0.465 e. The Kier molecular flexibility index (Phi) is 5.67. The Balaban J connectivity index is 1.65. The highest BCUT2D eigenvalue weighted by atomic mass is 16.4. The molecule has 0 atom stereocenters. The summed E-state index contributed by atoms with van der Waals surface area (Å²) in [5, 5.41) is 16.2. The Hall–Kier alpha value is -4.08. The van der Waals surface area contributed by atoms with Crippen molar-refractivity contribution in [2.24, 2.45) is 7.05 Å². The van der Waals surface area contributed by atoms with Crippen LogP contribution in [0.25, 0.3) is 33.3 Å². The van der Waals surface area contributed by atoms with Gasteiger partial charge in [-0.05, 0) is 23.3 Å². The first-order valence-corrected chi connectivity index (χ1v) is 10.2. The van der Waals surface area contributed by atoms with Crippen LogP contribution in [0.3, 0.4) is 0 Å². The van der Waals surface area contributed by atoms with Gasteiger partial charge in [-0.15, -0.1) is 0 Å². The third kappa shape index (κ3) is 4.07. The van der Waals surface area contributed by atoms with Crippen LogP contribution in [0.5, 0.6) is 0 Å². The molecular formula is C22H25N7O3. The Labute approximate surface area is 184 Å². The van der Waals surface area contributed by atoms with Crippen LogP contribution in [0.1, 0.15) is 12.5 Å². The summed E-state index contributed by atoms with van der Waals surface area (Å²) in [6, 6.07) is 9.75. The maximum Gasteiger partial charge on any atom is 0.407 e. The van der Waals surface area contributed by atoms with Gasteiger partial charge in [0, 0.05) is 51.7 Å². The first kappa shape index (κ1) is 21.2.